The number of carboxylic acid groups (broad SMARTS) is 3. The monoisotopic (exact) mass is 434 g/mol. The molecule has 0 aliphatic heterocycles. The van der Waals surface area contributed by atoms with Gasteiger partial charge >= 0.3 is 17.9 Å². The average molecular weight is 435 g/mol. The van der Waals surface area contributed by atoms with Crippen LogP contribution in [-0.4, -0.2) is 33.2 Å². The van der Waals surface area contributed by atoms with Crippen molar-refractivity contribution < 1.29 is 29.7 Å². The normalized spacial score (nSPS) is 43.4. The molecule has 3 aliphatic rings. The second-order valence-corrected chi connectivity index (χ2v) is 11.4. The molecule has 31 heavy (non-hydrogen) atoms. The van der Waals surface area contributed by atoms with Crippen LogP contribution < -0.4 is 0 Å². The van der Waals surface area contributed by atoms with Gasteiger partial charge in [-0.3, -0.25) is 14.4 Å². The standard InChI is InChI=1S/C25H38O6/c1-13(2)14(3)15-12-17-23(4)9-7-10-25(6,22(30)31)16(23)8-11-24(17,5)19(21(28)29)18(15)20(26)27/h12-16,18-19H,7-11H2,1-6H3,(H,26,27)(H,28,29)(H,30,31). The van der Waals surface area contributed by atoms with Gasteiger partial charge in [-0.05, 0) is 61.7 Å². The number of hydrogen-bond acceptors (Lipinski definition) is 3. The van der Waals surface area contributed by atoms with Crippen LogP contribution in [0.25, 0.3) is 0 Å². The number of carboxylic acids is 3. The Morgan fingerprint density at radius 2 is 1.55 bits per heavy atom. The van der Waals surface area contributed by atoms with E-state index in [0.717, 1.165) is 18.4 Å². The van der Waals surface area contributed by atoms with Gasteiger partial charge in [0.25, 0.3) is 0 Å². The lowest BCUT2D eigenvalue weighted by molar-refractivity contribution is -0.171. The number of carbonyl (C=O) groups is 3. The number of fused-ring (bicyclic) bond motifs is 3. The van der Waals surface area contributed by atoms with Crippen molar-refractivity contribution in [3.05, 3.63) is 11.6 Å². The van der Waals surface area contributed by atoms with E-state index >= 15 is 0 Å². The molecule has 3 N–H and O–H groups in total. The van der Waals surface area contributed by atoms with Crippen LogP contribution in [0.4, 0.5) is 0 Å². The van der Waals surface area contributed by atoms with Gasteiger partial charge in [0.1, 0.15) is 0 Å². The van der Waals surface area contributed by atoms with E-state index in [2.05, 4.69) is 13.0 Å². The molecule has 0 spiro atoms. The van der Waals surface area contributed by atoms with Crippen molar-refractivity contribution in [2.75, 3.05) is 0 Å². The Morgan fingerprint density at radius 3 is 2.03 bits per heavy atom. The maximum Gasteiger partial charge on any atom is 0.309 e. The number of allylic oxidation sites excluding steroid dienone is 2. The van der Waals surface area contributed by atoms with Crippen LogP contribution >= 0.6 is 0 Å². The van der Waals surface area contributed by atoms with E-state index in [-0.39, 0.29) is 17.8 Å². The van der Waals surface area contributed by atoms with Crippen molar-refractivity contribution in [1.82, 2.24) is 0 Å². The van der Waals surface area contributed by atoms with Crippen molar-refractivity contribution in [2.45, 2.75) is 73.6 Å². The molecule has 3 aliphatic carbocycles. The topological polar surface area (TPSA) is 112 Å². The maximum atomic E-state index is 12.6. The van der Waals surface area contributed by atoms with Crippen LogP contribution in [0.2, 0.25) is 0 Å². The highest BCUT2D eigenvalue weighted by molar-refractivity contribution is 5.83. The molecule has 3 rings (SSSR count). The summed E-state index contributed by atoms with van der Waals surface area (Å²) in [7, 11) is 0. The zero-order chi connectivity index (χ0) is 23.5. The summed E-state index contributed by atoms with van der Waals surface area (Å²) < 4.78 is 0. The minimum Gasteiger partial charge on any atom is -0.481 e. The highest BCUT2D eigenvalue weighted by Crippen LogP contribution is 2.68. The zero-order valence-corrected chi connectivity index (χ0v) is 19.6. The van der Waals surface area contributed by atoms with Crippen LogP contribution in [0.1, 0.15) is 73.6 Å². The van der Waals surface area contributed by atoms with Crippen molar-refractivity contribution in [3.63, 3.8) is 0 Å². The van der Waals surface area contributed by atoms with Gasteiger partial charge in [-0.25, -0.2) is 0 Å². The van der Waals surface area contributed by atoms with Crippen LogP contribution in [0, 0.1) is 51.8 Å². The third-order valence-corrected chi connectivity index (χ3v) is 9.63. The molecule has 2 fully saturated rings. The Morgan fingerprint density at radius 1 is 0.935 bits per heavy atom. The molecule has 6 nitrogen and oxygen atoms in total. The van der Waals surface area contributed by atoms with E-state index in [1.54, 1.807) is 0 Å². The first-order chi connectivity index (χ1) is 14.2. The van der Waals surface area contributed by atoms with E-state index in [0.29, 0.717) is 19.3 Å². The minimum atomic E-state index is -1.06. The molecular formula is C25H38O6. The van der Waals surface area contributed by atoms with Crippen molar-refractivity contribution in [3.8, 4) is 0 Å². The largest absolute Gasteiger partial charge is 0.481 e. The summed E-state index contributed by atoms with van der Waals surface area (Å²) in [6.07, 6.45) is 5.41. The predicted octanol–water partition coefficient (Wildman–Crippen LogP) is 4.93. The average Bonchev–Trinajstić information content (AvgIpc) is 2.65. The van der Waals surface area contributed by atoms with Crippen molar-refractivity contribution in [1.29, 1.82) is 0 Å². The molecule has 0 amide bonds. The second kappa shape index (κ2) is 7.63. The second-order valence-electron chi connectivity index (χ2n) is 11.4. The fourth-order valence-corrected chi connectivity index (χ4v) is 7.60. The van der Waals surface area contributed by atoms with E-state index in [1.807, 2.05) is 34.6 Å². The first kappa shape index (κ1) is 23.8. The van der Waals surface area contributed by atoms with Gasteiger partial charge in [0.2, 0.25) is 0 Å². The fourth-order valence-electron chi connectivity index (χ4n) is 7.60. The summed E-state index contributed by atoms with van der Waals surface area (Å²) in [5.74, 6) is -5.18. The van der Waals surface area contributed by atoms with E-state index in [1.165, 1.54) is 0 Å². The zero-order valence-electron chi connectivity index (χ0n) is 19.6. The molecule has 0 bridgehead atoms. The predicted molar refractivity (Wildman–Crippen MR) is 116 cm³/mol. The molecule has 0 radical (unpaired) electrons. The van der Waals surface area contributed by atoms with Crippen LogP contribution in [0.3, 0.4) is 0 Å². The molecule has 8 atom stereocenters. The Hall–Kier alpha value is -1.85. The molecule has 8 unspecified atom stereocenters. The molecule has 2 saturated carbocycles. The van der Waals surface area contributed by atoms with Crippen molar-refractivity contribution in [2.24, 2.45) is 51.8 Å². The quantitative estimate of drug-likeness (QED) is 0.529. The molecule has 0 saturated heterocycles. The Labute approximate surface area is 185 Å². The number of aliphatic carboxylic acids is 3. The van der Waals surface area contributed by atoms with E-state index in [4.69, 9.17) is 0 Å². The van der Waals surface area contributed by atoms with Crippen LogP contribution in [0.15, 0.2) is 11.6 Å². The van der Waals surface area contributed by atoms with Gasteiger partial charge in [0.05, 0.1) is 17.3 Å². The van der Waals surface area contributed by atoms with Crippen molar-refractivity contribution >= 4 is 17.9 Å². The van der Waals surface area contributed by atoms with E-state index < -0.39 is 51.9 Å². The van der Waals surface area contributed by atoms with Gasteiger partial charge in [-0.15, -0.1) is 0 Å². The molecule has 0 aromatic rings. The third-order valence-electron chi connectivity index (χ3n) is 9.63. The van der Waals surface area contributed by atoms with Gasteiger partial charge < -0.3 is 15.3 Å². The molecule has 6 heteroatoms. The van der Waals surface area contributed by atoms with Gasteiger partial charge in [-0.1, -0.05) is 52.7 Å². The molecule has 0 aromatic heterocycles. The Bertz CT molecular complexity index is 815. The Kier molecular flexibility index (Phi) is 5.86. The smallest absolute Gasteiger partial charge is 0.309 e. The third kappa shape index (κ3) is 3.32. The summed E-state index contributed by atoms with van der Waals surface area (Å²) >= 11 is 0. The lowest BCUT2D eigenvalue weighted by atomic mass is 9.40. The number of rotatable bonds is 5. The molecule has 0 heterocycles. The summed E-state index contributed by atoms with van der Waals surface area (Å²) in [4.78, 5) is 37.3. The molecule has 0 aromatic carbocycles. The Balaban J connectivity index is 2.26. The van der Waals surface area contributed by atoms with Gasteiger partial charge in [0.15, 0.2) is 0 Å². The lowest BCUT2D eigenvalue weighted by Crippen LogP contribution is -2.59. The lowest BCUT2D eigenvalue weighted by Gasteiger charge is -2.62. The fraction of sp³-hybridized carbons (Fsp3) is 0.800. The molecular weight excluding hydrogens is 396 g/mol. The van der Waals surface area contributed by atoms with Crippen LogP contribution in [-0.2, 0) is 14.4 Å². The maximum absolute atomic E-state index is 12.6. The minimum absolute atomic E-state index is 0.00146. The summed E-state index contributed by atoms with van der Waals surface area (Å²) in [5, 5.41) is 30.5. The molecule has 174 valence electrons. The first-order valence-corrected chi connectivity index (χ1v) is 11.6. The SMILES string of the molecule is CC(C)C(C)C1C=C2C(C)(CCC3C(C)(C(=O)O)CCCC23C)C(C(=O)O)C1C(=O)O. The van der Waals surface area contributed by atoms with Gasteiger partial charge in [0, 0.05) is 5.41 Å². The first-order valence-electron chi connectivity index (χ1n) is 11.6. The van der Waals surface area contributed by atoms with Crippen LogP contribution in [0.5, 0.6) is 0 Å². The summed E-state index contributed by atoms with van der Waals surface area (Å²) in [6.45, 7) is 12.0. The van der Waals surface area contributed by atoms with Gasteiger partial charge in [-0.2, -0.15) is 0 Å². The number of hydrogen-bond donors (Lipinski definition) is 3. The van der Waals surface area contributed by atoms with E-state index in [9.17, 15) is 29.7 Å². The summed E-state index contributed by atoms with van der Waals surface area (Å²) in [5.41, 5.74) is -1.07. The highest BCUT2D eigenvalue weighted by atomic mass is 16.4. The summed E-state index contributed by atoms with van der Waals surface area (Å²) in [6, 6.07) is 0. The highest BCUT2D eigenvalue weighted by Gasteiger charge is 2.65.